The average Bonchev–Trinajstić information content (AvgIpc) is 2.10. The maximum Gasteiger partial charge on any atom is 2.00 e. The fourth-order valence-corrected chi connectivity index (χ4v) is 1.89. The van der Waals surface area contributed by atoms with E-state index in [1.165, 1.54) is 0 Å². The van der Waals surface area contributed by atoms with E-state index in [0.29, 0.717) is 6.42 Å². The molecule has 94 valence electrons. The van der Waals surface area contributed by atoms with Gasteiger partial charge in [0.1, 0.15) is 0 Å². The van der Waals surface area contributed by atoms with Crippen molar-refractivity contribution in [1.82, 2.24) is 0 Å². The first-order chi connectivity index (χ1) is 7.33. The number of carboxylic acid groups (broad SMARTS) is 2. The van der Waals surface area contributed by atoms with E-state index in [1.807, 2.05) is 0 Å². The molecule has 0 aromatic rings. The Morgan fingerprint density at radius 2 is 1.53 bits per heavy atom. The number of carbonyl (C=O) groups is 2. The first-order valence-electron chi connectivity index (χ1n) is 5.74. The Morgan fingerprint density at radius 1 is 1.06 bits per heavy atom. The molecule has 0 radical (unpaired) electrons. The number of rotatable bonds is 8. The zero-order valence-electron chi connectivity index (χ0n) is 11.0. The maximum atomic E-state index is 10.7. The molecule has 0 saturated carbocycles. The van der Waals surface area contributed by atoms with E-state index in [4.69, 9.17) is 0 Å². The molecule has 0 unspecified atom stereocenters. The molecule has 4 nitrogen and oxygen atoms in total. The second-order valence-electron chi connectivity index (χ2n) is 4.87. The van der Waals surface area contributed by atoms with E-state index in [-0.39, 0.29) is 48.9 Å². The average molecular weight is 366 g/mol. The molecule has 0 rings (SSSR count). The summed E-state index contributed by atoms with van der Waals surface area (Å²) in [6, 6.07) is 0. The van der Waals surface area contributed by atoms with Gasteiger partial charge in [0.05, 0.1) is 11.9 Å². The van der Waals surface area contributed by atoms with E-state index in [0.717, 1.165) is 25.7 Å². The van der Waals surface area contributed by atoms with Crippen molar-refractivity contribution in [2.24, 2.45) is 11.3 Å². The van der Waals surface area contributed by atoms with Gasteiger partial charge in [-0.05, 0) is 11.8 Å². The molecule has 0 aliphatic rings. The fourth-order valence-electron chi connectivity index (χ4n) is 1.89. The summed E-state index contributed by atoms with van der Waals surface area (Å²) in [5.74, 6) is -4.64. The van der Waals surface area contributed by atoms with Crippen molar-refractivity contribution in [3.8, 4) is 0 Å². The number of carbonyl (C=O) groups excluding carboxylic acids is 2. The summed E-state index contributed by atoms with van der Waals surface area (Å²) in [6.07, 6.45) is 4.55. The molecule has 0 saturated heterocycles. The van der Waals surface area contributed by atoms with Gasteiger partial charge in [-0.15, -0.1) is 0 Å². The summed E-state index contributed by atoms with van der Waals surface area (Å²) in [6.45, 7) is 5.35. The molecule has 0 aromatic carbocycles. The van der Waals surface area contributed by atoms with Crippen molar-refractivity contribution in [3.63, 3.8) is 0 Å². The molecule has 0 fully saturated rings. The Bertz CT molecular complexity index is 237. The molecule has 17 heavy (non-hydrogen) atoms. The number of hydrogen-bond donors (Lipinski definition) is 0. The zero-order chi connectivity index (χ0) is 12.8. The van der Waals surface area contributed by atoms with E-state index >= 15 is 0 Å². The van der Waals surface area contributed by atoms with Crippen molar-refractivity contribution in [2.75, 3.05) is 0 Å². The Hall–Kier alpha value is 0.511. The Balaban J connectivity index is 0. The summed E-state index contributed by atoms with van der Waals surface area (Å²) in [5.41, 5.74) is -0.814. The molecule has 0 atom stereocenters. The summed E-state index contributed by atoms with van der Waals surface area (Å²) in [4.78, 5) is 21.5. The van der Waals surface area contributed by atoms with E-state index < -0.39 is 23.3 Å². The van der Waals surface area contributed by atoms with E-state index in [9.17, 15) is 19.8 Å². The van der Waals surface area contributed by atoms with Gasteiger partial charge in [-0.3, -0.25) is 0 Å². The van der Waals surface area contributed by atoms with E-state index in [1.54, 1.807) is 13.8 Å². The summed E-state index contributed by atoms with van der Waals surface area (Å²) >= 11 is 0. The third kappa shape index (κ3) is 7.51. The van der Waals surface area contributed by atoms with Crippen molar-refractivity contribution in [1.29, 1.82) is 0 Å². The van der Waals surface area contributed by atoms with Crippen molar-refractivity contribution in [3.05, 3.63) is 0 Å². The SMILES string of the molecule is CCCCCCC(C)(C)C(C(=O)[O-])C(=O)[O-].[Ba+2]. The van der Waals surface area contributed by atoms with Crippen LogP contribution in [0, 0.1) is 11.3 Å². The van der Waals surface area contributed by atoms with Gasteiger partial charge in [-0.25, -0.2) is 0 Å². The molecule has 0 heterocycles. The molecule has 0 aromatic heterocycles. The van der Waals surface area contributed by atoms with Gasteiger partial charge in [0, 0.05) is 5.92 Å². The molecule has 0 bridgehead atoms. The fraction of sp³-hybridized carbons (Fsp3) is 0.833. The van der Waals surface area contributed by atoms with Crippen LogP contribution in [0.4, 0.5) is 0 Å². The van der Waals surface area contributed by atoms with Crippen LogP contribution in [0.2, 0.25) is 0 Å². The minimum Gasteiger partial charge on any atom is -0.549 e. The zero-order valence-corrected chi connectivity index (χ0v) is 15.4. The van der Waals surface area contributed by atoms with E-state index in [2.05, 4.69) is 6.92 Å². The number of unbranched alkanes of at least 4 members (excludes halogenated alkanes) is 3. The molecule has 0 spiro atoms. The smallest absolute Gasteiger partial charge is 0.549 e. The van der Waals surface area contributed by atoms with Crippen LogP contribution in [0.5, 0.6) is 0 Å². The Labute approximate surface area is 143 Å². The normalized spacial score (nSPS) is 11.1. The third-order valence-electron chi connectivity index (χ3n) is 2.93. The van der Waals surface area contributed by atoms with Gasteiger partial charge in [-0.2, -0.15) is 0 Å². The second kappa shape index (κ2) is 9.44. The standard InChI is InChI=1S/C12H22O4.Ba/c1-4-5-6-7-8-12(2,3)9(10(13)14)11(15)16;/h9H,4-8H2,1-3H3,(H,13,14)(H,15,16);/q;+2/p-2. The number of carboxylic acids is 2. The first kappa shape index (κ1) is 19.8. The summed E-state index contributed by atoms with van der Waals surface area (Å²) < 4.78 is 0. The molecule has 0 amide bonds. The Morgan fingerprint density at radius 3 is 1.88 bits per heavy atom. The van der Waals surface area contributed by atoms with Crippen LogP contribution in [0.25, 0.3) is 0 Å². The van der Waals surface area contributed by atoms with Crippen LogP contribution >= 0.6 is 0 Å². The van der Waals surface area contributed by atoms with Gasteiger partial charge in [0.15, 0.2) is 0 Å². The minimum atomic E-state index is -1.56. The first-order valence-corrected chi connectivity index (χ1v) is 5.74. The molecule has 0 N–H and O–H groups in total. The molecular weight excluding hydrogens is 345 g/mol. The second-order valence-corrected chi connectivity index (χ2v) is 4.87. The van der Waals surface area contributed by atoms with Crippen LogP contribution in [0.15, 0.2) is 0 Å². The van der Waals surface area contributed by atoms with Crippen molar-refractivity contribution in [2.45, 2.75) is 52.9 Å². The van der Waals surface area contributed by atoms with Gasteiger partial charge >= 0.3 is 48.9 Å². The van der Waals surface area contributed by atoms with Gasteiger partial charge in [-0.1, -0.05) is 46.5 Å². The monoisotopic (exact) mass is 366 g/mol. The molecular formula is C12H20BaO4. The summed E-state index contributed by atoms with van der Waals surface area (Å²) in [7, 11) is 0. The molecule has 0 aliphatic heterocycles. The minimum absolute atomic E-state index is 0. The predicted octanol–water partition coefficient (Wildman–Crippen LogP) is -0.282. The van der Waals surface area contributed by atoms with Gasteiger partial charge in [0.25, 0.3) is 0 Å². The van der Waals surface area contributed by atoms with Crippen molar-refractivity contribution >= 4 is 60.8 Å². The molecule has 0 aliphatic carbocycles. The van der Waals surface area contributed by atoms with Gasteiger partial charge < -0.3 is 19.8 Å². The largest absolute Gasteiger partial charge is 2.00 e. The van der Waals surface area contributed by atoms with Crippen LogP contribution in [0.1, 0.15) is 52.9 Å². The van der Waals surface area contributed by atoms with Crippen LogP contribution in [-0.4, -0.2) is 60.8 Å². The van der Waals surface area contributed by atoms with Crippen LogP contribution in [0.3, 0.4) is 0 Å². The maximum absolute atomic E-state index is 10.7. The topological polar surface area (TPSA) is 80.3 Å². The third-order valence-corrected chi connectivity index (χ3v) is 2.93. The quantitative estimate of drug-likeness (QED) is 0.337. The molecule has 5 heteroatoms. The number of aliphatic carboxylic acids is 2. The van der Waals surface area contributed by atoms with Crippen molar-refractivity contribution < 1.29 is 19.8 Å². The van der Waals surface area contributed by atoms with Crippen LogP contribution in [-0.2, 0) is 9.59 Å². The van der Waals surface area contributed by atoms with Crippen LogP contribution < -0.4 is 10.2 Å². The Kier molecular flexibility index (Phi) is 11.0. The predicted molar refractivity (Wildman–Crippen MR) is 61.8 cm³/mol. The summed E-state index contributed by atoms with van der Waals surface area (Å²) in [5, 5.41) is 21.5. The van der Waals surface area contributed by atoms with Gasteiger partial charge in [0.2, 0.25) is 0 Å². The number of hydrogen-bond acceptors (Lipinski definition) is 4.